The van der Waals surface area contributed by atoms with Gasteiger partial charge in [0.25, 0.3) is 5.91 Å². The van der Waals surface area contributed by atoms with Crippen LogP contribution in [0.5, 0.6) is 0 Å². The van der Waals surface area contributed by atoms with E-state index in [0.717, 1.165) is 26.4 Å². The highest BCUT2D eigenvalue weighted by Crippen LogP contribution is 2.30. The minimum absolute atomic E-state index is 0.152. The molecule has 2 aromatic carbocycles. The fourth-order valence-corrected chi connectivity index (χ4v) is 3.84. The van der Waals surface area contributed by atoms with Crippen molar-refractivity contribution >= 4 is 44.5 Å². The first-order chi connectivity index (χ1) is 12.2. The van der Waals surface area contributed by atoms with Gasteiger partial charge >= 0.3 is 0 Å². The third kappa shape index (κ3) is 2.98. The van der Waals surface area contributed by atoms with Gasteiger partial charge in [-0.3, -0.25) is 15.1 Å². The molecule has 0 bridgehead atoms. The number of benzene rings is 2. The Morgan fingerprint density at radius 3 is 2.80 bits per heavy atom. The van der Waals surface area contributed by atoms with E-state index in [4.69, 9.17) is 4.99 Å². The number of fused-ring (bicyclic) bond motifs is 2. The van der Waals surface area contributed by atoms with Crippen LogP contribution in [0.4, 0.5) is 0 Å². The van der Waals surface area contributed by atoms with Crippen LogP contribution >= 0.6 is 27.7 Å². The van der Waals surface area contributed by atoms with Crippen molar-refractivity contribution in [1.29, 1.82) is 0 Å². The normalized spacial score (nSPS) is 18.7. The highest BCUT2D eigenvalue weighted by Gasteiger charge is 2.34. The van der Waals surface area contributed by atoms with Gasteiger partial charge in [-0.25, -0.2) is 5.01 Å². The molecule has 0 aliphatic carbocycles. The summed E-state index contributed by atoms with van der Waals surface area (Å²) in [5.74, 6) is 0.679. The summed E-state index contributed by atoms with van der Waals surface area (Å²) in [6, 6.07) is 15.7. The maximum absolute atomic E-state index is 12.8. The van der Waals surface area contributed by atoms with Crippen LogP contribution in [0.1, 0.15) is 18.7 Å². The Labute approximate surface area is 157 Å². The van der Waals surface area contributed by atoms with Crippen LogP contribution in [0.25, 0.3) is 5.70 Å². The van der Waals surface area contributed by atoms with Crippen molar-refractivity contribution in [2.24, 2.45) is 10.1 Å². The smallest absolute Gasteiger partial charge is 0.276 e. The molecule has 1 N–H and O–H groups in total. The van der Waals surface area contributed by atoms with Crippen molar-refractivity contribution in [3.63, 3.8) is 0 Å². The second kappa shape index (κ2) is 6.65. The number of nitrogens with zero attached hydrogens (tertiary/aromatic N) is 3. The summed E-state index contributed by atoms with van der Waals surface area (Å²) < 4.78 is 0.901. The molecule has 2 heterocycles. The molecule has 0 saturated carbocycles. The standard InChI is InChI=1S/C18H15BrN4OS/c1-2-25-18-21-17(24)15-13-10-12(19)8-9-14(13)20-16(23(15)22-18)11-6-4-3-5-7-11/h3-10,16H,2H2,1H3,(H,21,22,24)/t16-/m1/s1. The van der Waals surface area contributed by atoms with Crippen LogP contribution in [-0.4, -0.2) is 21.8 Å². The number of carbonyl (C=O) groups is 1. The Morgan fingerprint density at radius 1 is 1.24 bits per heavy atom. The van der Waals surface area contributed by atoms with Crippen molar-refractivity contribution in [3.8, 4) is 0 Å². The largest absolute Gasteiger partial charge is 0.298 e. The third-order valence-corrected chi connectivity index (χ3v) is 5.19. The zero-order valence-electron chi connectivity index (χ0n) is 13.4. The number of hydrogen-bond acceptors (Lipinski definition) is 5. The molecule has 0 unspecified atom stereocenters. The molecule has 2 aromatic rings. The van der Waals surface area contributed by atoms with Crippen LogP contribution < -0.4 is 15.9 Å². The molecule has 1 atom stereocenters. The van der Waals surface area contributed by atoms with Gasteiger partial charge in [-0.2, -0.15) is 0 Å². The monoisotopic (exact) mass is 414 g/mol. The average molecular weight is 415 g/mol. The number of halogens is 1. The van der Waals surface area contributed by atoms with E-state index >= 15 is 0 Å². The molecule has 0 radical (unpaired) electrons. The molecule has 126 valence electrons. The zero-order valence-corrected chi connectivity index (χ0v) is 15.8. The number of hydrazone groups is 1. The molecule has 25 heavy (non-hydrogen) atoms. The molecule has 1 amide bonds. The molecule has 0 spiro atoms. The number of amides is 1. The van der Waals surface area contributed by atoms with Gasteiger partial charge in [-0.05, 0) is 29.5 Å². The van der Waals surface area contributed by atoms with Crippen LogP contribution in [0, 0.1) is 0 Å². The Morgan fingerprint density at radius 2 is 2.04 bits per heavy atom. The second-order valence-corrected chi connectivity index (χ2v) is 7.73. The second-order valence-electron chi connectivity index (χ2n) is 5.56. The number of thioether (sulfide) groups is 1. The van der Waals surface area contributed by atoms with Crippen LogP contribution in [0.2, 0.25) is 0 Å². The van der Waals surface area contributed by atoms with Gasteiger partial charge in [-0.15, -0.1) is 5.10 Å². The first kappa shape index (κ1) is 16.4. The van der Waals surface area contributed by atoms with E-state index in [9.17, 15) is 4.79 Å². The van der Waals surface area contributed by atoms with Crippen molar-refractivity contribution in [1.82, 2.24) is 10.3 Å². The lowest BCUT2D eigenvalue weighted by Gasteiger charge is -2.34. The number of amidine groups is 1. The van der Waals surface area contributed by atoms with E-state index in [2.05, 4.69) is 26.3 Å². The first-order valence-electron chi connectivity index (χ1n) is 7.92. The van der Waals surface area contributed by atoms with Crippen molar-refractivity contribution in [3.05, 3.63) is 69.1 Å². The minimum atomic E-state index is -0.358. The molecule has 4 rings (SSSR count). The van der Waals surface area contributed by atoms with Gasteiger partial charge in [0.2, 0.25) is 0 Å². The molecular weight excluding hydrogens is 400 g/mol. The maximum atomic E-state index is 12.8. The minimum Gasteiger partial charge on any atom is -0.298 e. The van der Waals surface area contributed by atoms with Gasteiger partial charge in [0.05, 0.1) is 5.36 Å². The zero-order chi connectivity index (χ0) is 17.4. The van der Waals surface area contributed by atoms with E-state index in [1.54, 1.807) is 5.01 Å². The molecular formula is C18H15BrN4OS. The SMILES string of the molecule is CCSC1=NN2C(=c3cc(Br)ccc3=N[C@H]2c2ccccc2)C(=O)N1. The fraction of sp³-hybridized carbons (Fsp3) is 0.167. The van der Waals surface area contributed by atoms with Crippen molar-refractivity contribution < 1.29 is 4.79 Å². The number of nitrogens with one attached hydrogen (secondary N) is 1. The fourth-order valence-electron chi connectivity index (χ4n) is 2.90. The summed E-state index contributed by atoms with van der Waals surface area (Å²) in [5, 5.41) is 11.5. The van der Waals surface area contributed by atoms with Crippen LogP contribution in [-0.2, 0) is 4.79 Å². The average Bonchev–Trinajstić information content (AvgIpc) is 2.62. The highest BCUT2D eigenvalue weighted by molar-refractivity contribution is 9.10. The molecule has 2 aliphatic rings. The van der Waals surface area contributed by atoms with E-state index in [0.29, 0.717) is 10.9 Å². The Balaban J connectivity index is 1.98. The number of hydrogen-bond donors (Lipinski definition) is 1. The van der Waals surface area contributed by atoms with E-state index in [1.165, 1.54) is 11.8 Å². The molecule has 0 fully saturated rings. The van der Waals surface area contributed by atoms with Crippen molar-refractivity contribution in [2.45, 2.75) is 13.1 Å². The molecule has 5 nitrogen and oxygen atoms in total. The third-order valence-electron chi connectivity index (χ3n) is 3.95. The molecule has 0 saturated heterocycles. The predicted octanol–water partition coefficient (Wildman–Crippen LogP) is 2.35. The van der Waals surface area contributed by atoms with Gasteiger partial charge in [-0.1, -0.05) is 64.9 Å². The lowest BCUT2D eigenvalue weighted by Crippen LogP contribution is -2.50. The van der Waals surface area contributed by atoms with Crippen LogP contribution in [0.15, 0.2) is 63.1 Å². The summed E-state index contributed by atoms with van der Waals surface area (Å²) in [7, 11) is 0. The number of carbonyl (C=O) groups excluding carboxylic acids is 1. The van der Waals surface area contributed by atoms with Crippen LogP contribution in [0.3, 0.4) is 0 Å². The molecule has 0 aromatic heterocycles. The Kier molecular flexibility index (Phi) is 4.35. The molecule has 2 aliphatic heterocycles. The summed E-state index contributed by atoms with van der Waals surface area (Å²) in [5.41, 5.74) is 1.52. The van der Waals surface area contributed by atoms with E-state index in [-0.39, 0.29) is 12.1 Å². The van der Waals surface area contributed by atoms with E-state index in [1.807, 2.05) is 55.5 Å². The van der Waals surface area contributed by atoms with Gasteiger partial charge in [0.15, 0.2) is 11.3 Å². The summed E-state index contributed by atoms with van der Waals surface area (Å²) >= 11 is 4.98. The number of rotatable bonds is 2. The van der Waals surface area contributed by atoms with Gasteiger partial charge in [0.1, 0.15) is 5.70 Å². The lowest BCUT2D eigenvalue weighted by molar-refractivity contribution is -0.116. The van der Waals surface area contributed by atoms with Gasteiger partial charge in [0, 0.05) is 9.69 Å². The maximum Gasteiger partial charge on any atom is 0.276 e. The first-order valence-corrected chi connectivity index (χ1v) is 9.70. The Bertz CT molecular complexity index is 990. The summed E-state index contributed by atoms with van der Waals surface area (Å²) in [4.78, 5) is 17.7. The quantitative estimate of drug-likeness (QED) is 0.820. The van der Waals surface area contributed by atoms with Crippen molar-refractivity contribution in [2.75, 3.05) is 5.75 Å². The topological polar surface area (TPSA) is 57.1 Å². The summed E-state index contributed by atoms with van der Waals surface area (Å²) in [6.07, 6.45) is -0.358. The predicted molar refractivity (Wildman–Crippen MR) is 103 cm³/mol. The summed E-state index contributed by atoms with van der Waals surface area (Å²) in [6.45, 7) is 2.03. The van der Waals surface area contributed by atoms with E-state index < -0.39 is 0 Å². The van der Waals surface area contributed by atoms with Gasteiger partial charge < -0.3 is 0 Å². The molecule has 7 heteroatoms. The lowest BCUT2D eigenvalue weighted by atomic mass is 10.1. The highest BCUT2D eigenvalue weighted by atomic mass is 79.9. The Hall–Kier alpha value is -2.12.